The van der Waals surface area contributed by atoms with E-state index >= 15 is 0 Å². The fraction of sp³-hybridized carbons (Fsp3) is 0.353. The van der Waals surface area contributed by atoms with Gasteiger partial charge in [-0.15, -0.1) is 10.2 Å². The predicted octanol–water partition coefficient (Wildman–Crippen LogP) is 2.14. The first kappa shape index (κ1) is 20.4. The van der Waals surface area contributed by atoms with Crippen molar-refractivity contribution in [2.45, 2.75) is 31.3 Å². The number of benzene rings is 1. The van der Waals surface area contributed by atoms with Crippen molar-refractivity contribution in [3.05, 3.63) is 50.9 Å². The lowest BCUT2D eigenvalue weighted by atomic mass is 10.3. The summed E-state index contributed by atoms with van der Waals surface area (Å²) in [7, 11) is -2.33. The van der Waals surface area contributed by atoms with Crippen molar-refractivity contribution in [1.82, 2.24) is 28.9 Å². The summed E-state index contributed by atoms with van der Waals surface area (Å²) >= 11 is 6.58. The molecule has 0 amide bonds. The number of nitro benzene ring substituents is 1. The smallest absolute Gasteiger partial charge is 0.289 e. The van der Waals surface area contributed by atoms with Gasteiger partial charge in [-0.2, -0.15) is 9.40 Å². The molecule has 0 saturated heterocycles. The summed E-state index contributed by atoms with van der Waals surface area (Å²) in [5.74, 6) is 1.16. The molecular weight excluding hydrogens is 434 g/mol. The summed E-state index contributed by atoms with van der Waals surface area (Å²) in [5.41, 5.74) is 0.461. The van der Waals surface area contributed by atoms with Crippen molar-refractivity contribution in [2.75, 3.05) is 6.54 Å². The quantitative estimate of drug-likeness (QED) is 0.438. The lowest BCUT2D eigenvalue weighted by molar-refractivity contribution is -0.387. The molecule has 1 aliphatic heterocycles. The number of halogens is 1. The van der Waals surface area contributed by atoms with Crippen LogP contribution in [0.3, 0.4) is 0 Å². The first-order valence-electron chi connectivity index (χ1n) is 9.07. The third-order valence-electron chi connectivity index (χ3n) is 5.08. The van der Waals surface area contributed by atoms with Gasteiger partial charge in [0.15, 0.2) is 10.7 Å². The van der Waals surface area contributed by atoms with E-state index < -0.39 is 20.6 Å². The van der Waals surface area contributed by atoms with E-state index in [0.717, 1.165) is 0 Å². The van der Waals surface area contributed by atoms with Crippen LogP contribution in [0.15, 0.2) is 29.2 Å². The highest BCUT2D eigenvalue weighted by molar-refractivity contribution is 7.89. The van der Waals surface area contributed by atoms with E-state index in [1.165, 1.54) is 28.6 Å². The van der Waals surface area contributed by atoms with Crippen LogP contribution in [0, 0.1) is 17.0 Å². The number of hydrogen-bond acceptors (Lipinski definition) is 7. The van der Waals surface area contributed by atoms with Crippen molar-refractivity contribution in [1.29, 1.82) is 0 Å². The SMILES string of the molecule is Cc1nnc(-c2nn3c(c2Cl)CN(S(=O)(=O)c2ccccc2[N+](=O)[O-])CCC3)n1C. The van der Waals surface area contributed by atoms with Gasteiger partial charge >= 0.3 is 0 Å². The monoisotopic (exact) mass is 451 g/mol. The maximum absolute atomic E-state index is 13.2. The van der Waals surface area contributed by atoms with Gasteiger partial charge in [0.2, 0.25) is 10.0 Å². The Balaban J connectivity index is 1.76. The Morgan fingerprint density at radius 2 is 1.93 bits per heavy atom. The largest absolute Gasteiger partial charge is 0.313 e. The summed E-state index contributed by atoms with van der Waals surface area (Å²) in [5, 5.41) is 24.3. The second-order valence-corrected chi connectivity index (χ2v) is 9.16. The zero-order valence-electron chi connectivity index (χ0n) is 16.2. The van der Waals surface area contributed by atoms with Crippen molar-refractivity contribution < 1.29 is 13.3 Å². The number of rotatable bonds is 4. The Kier molecular flexibility index (Phi) is 5.08. The predicted molar refractivity (Wildman–Crippen MR) is 107 cm³/mol. The second kappa shape index (κ2) is 7.45. The normalized spacial score (nSPS) is 15.0. The number of sulfonamides is 1. The zero-order chi connectivity index (χ0) is 21.6. The van der Waals surface area contributed by atoms with Crippen LogP contribution in [0.5, 0.6) is 0 Å². The molecule has 0 atom stereocenters. The summed E-state index contributed by atoms with van der Waals surface area (Å²) in [6, 6.07) is 5.31. The molecule has 2 aromatic heterocycles. The van der Waals surface area contributed by atoms with Crippen molar-refractivity contribution >= 4 is 27.3 Å². The van der Waals surface area contributed by atoms with Crippen LogP contribution in [0.1, 0.15) is 17.9 Å². The molecule has 4 rings (SSSR count). The molecule has 0 aliphatic carbocycles. The highest BCUT2D eigenvalue weighted by atomic mass is 35.5. The van der Waals surface area contributed by atoms with Crippen molar-refractivity contribution in [2.24, 2.45) is 7.05 Å². The Morgan fingerprint density at radius 1 is 1.20 bits per heavy atom. The van der Waals surface area contributed by atoms with Crippen LogP contribution in [0.4, 0.5) is 5.69 Å². The Hall–Kier alpha value is -2.83. The highest BCUT2D eigenvalue weighted by Crippen LogP contribution is 2.34. The molecule has 0 fully saturated rings. The fourth-order valence-corrected chi connectivity index (χ4v) is 5.26. The van der Waals surface area contributed by atoms with E-state index in [0.29, 0.717) is 36.0 Å². The van der Waals surface area contributed by atoms with Gasteiger partial charge in [0.05, 0.1) is 22.2 Å². The summed E-state index contributed by atoms with van der Waals surface area (Å²) in [6.07, 6.45) is 0.474. The van der Waals surface area contributed by atoms with Crippen molar-refractivity contribution in [3.8, 4) is 11.5 Å². The topological polar surface area (TPSA) is 129 Å². The lowest BCUT2D eigenvalue weighted by Gasteiger charge is -2.19. The standard InChI is InChI=1S/C17H18ClN7O4S/c1-11-19-20-17(22(11)2)16-15(18)13-10-23(8-5-9-24(13)21-16)30(28,29)14-7-4-3-6-12(14)25(26)27/h3-4,6-7H,5,8-10H2,1-2H3. The van der Waals surface area contributed by atoms with E-state index in [2.05, 4.69) is 15.3 Å². The van der Waals surface area contributed by atoms with Crippen LogP contribution in [-0.4, -0.2) is 48.7 Å². The maximum atomic E-state index is 13.2. The van der Waals surface area contributed by atoms with Gasteiger partial charge in [0.25, 0.3) is 5.69 Å². The van der Waals surface area contributed by atoms with Crippen LogP contribution in [-0.2, 0) is 30.2 Å². The number of nitro groups is 1. The third-order valence-corrected chi connectivity index (χ3v) is 7.37. The Bertz CT molecular complexity index is 1250. The van der Waals surface area contributed by atoms with Gasteiger partial charge in [-0.25, -0.2) is 8.42 Å². The molecule has 0 saturated carbocycles. The van der Waals surface area contributed by atoms with Gasteiger partial charge in [-0.1, -0.05) is 23.7 Å². The number of fused-ring (bicyclic) bond motifs is 1. The number of aromatic nitrogens is 5. The average Bonchev–Trinajstić information content (AvgIpc) is 3.10. The van der Waals surface area contributed by atoms with Crippen LogP contribution < -0.4 is 0 Å². The van der Waals surface area contributed by atoms with Gasteiger partial charge in [-0.3, -0.25) is 14.8 Å². The lowest BCUT2D eigenvalue weighted by Crippen LogP contribution is -2.31. The number of aryl methyl sites for hydroxylation is 2. The molecule has 3 heterocycles. The number of nitrogens with zero attached hydrogens (tertiary/aromatic N) is 7. The molecule has 3 aromatic rings. The van der Waals surface area contributed by atoms with E-state index in [4.69, 9.17) is 11.6 Å². The van der Waals surface area contributed by atoms with E-state index in [-0.39, 0.29) is 23.0 Å². The molecule has 158 valence electrons. The van der Waals surface area contributed by atoms with E-state index in [9.17, 15) is 18.5 Å². The highest BCUT2D eigenvalue weighted by Gasteiger charge is 2.34. The number of para-hydroxylation sites is 1. The molecule has 0 unspecified atom stereocenters. The average molecular weight is 452 g/mol. The van der Waals surface area contributed by atoms with Crippen molar-refractivity contribution in [3.63, 3.8) is 0 Å². The van der Waals surface area contributed by atoms with Gasteiger partial charge in [-0.05, 0) is 19.4 Å². The molecule has 13 heteroatoms. The van der Waals surface area contributed by atoms with Gasteiger partial charge in [0.1, 0.15) is 11.5 Å². The minimum atomic E-state index is -4.12. The molecule has 1 aliphatic rings. The van der Waals surface area contributed by atoms with Gasteiger partial charge in [0, 0.05) is 26.2 Å². The Labute approximate surface area is 177 Å². The van der Waals surface area contributed by atoms with Gasteiger partial charge < -0.3 is 4.57 Å². The molecular formula is C17H18ClN7O4S. The Morgan fingerprint density at radius 3 is 2.60 bits per heavy atom. The third kappa shape index (κ3) is 3.26. The molecule has 30 heavy (non-hydrogen) atoms. The first-order valence-corrected chi connectivity index (χ1v) is 10.9. The summed E-state index contributed by atoms with van der Waals surface area (Å²) in [4.78, 5) is 10.3. The molecule has 1 aromatic carbocycles. The minimum absolute atomic E-state index is 0.0585. The fourth-order valence-electron chi connectivity index (χ4n) is 3.38. The molecule has 0 radical (unpaired) electrons. The molecule has 0 bridgehead atoms. The van der Waals surface area contributed by atoms with E-state index in [1.54, 1.807) is 23.2 Å². The summed E-state index contributed by atoms with van der Waals surface area (Å²) < 4.78 is 31.1. The minimum Gasteiger partial charge on any atom is -0.313 e. The maximum Gasteiger partial charge on any atom is 0.289 e. The van der Waals surface area contributed by atoms with E-state index in [1.807, 2.05) is 0 Å². The van der Waals surface area contributed by atoms with Crippen LogP contribution in [0.25, 0.3) is 11.5 Å². The second-order valence-electron chi connectivity index (χ2n) is 6.88. The zero-order valence-corrected chi connectivity index (χ0v) is 17.8. The summed E-state index contributed by atoms with van der Waals surface area (Å²) in [6.45, 7) is 2.38. The number of hydrogen-bond donors (Lipinski definition) is 0. The van der Waals surface area contributed by atoms with Crippen LogP contribution in [0.2, 0.25) is 5.02 Å². The molecule has 0 spiro atoms. The molecule has 11 nitrogen and oxygen atoms in total. The van der Waals surface area contributed by atoms with Crippen LogP contribution >= 0.6 is 11.6 Å². The molecule has 0 N–H and O–H groups in total. The first-order chi connectivity index (χ1) is 14.2.